The van der Waals surface area contributed by atoms with Gasteiger partial charge in [0.2, 0.25) is 0 Å². The highest BCUT2D eigenvalue weighted by atomic mass is 16.2. The van der Waals surface area contributed by atoms with Gasteiger partial charge in [-0.15, -0.1) is 0 Å². The molecule has 0 unspecified atom stereocenters. The molecule has 0 fully saturated rings. The number of urea groups is 1. The lowest BCUT2D eigenvalue weighted by Crippen LogP contribution is -2.40. The maximum Gasteiger partial charge on any atom is 0.316 e. The highest BCUT2D eigenvalue weighted by Crippen LogP contribution is 2.22. The second-order valence-corrected chi connectivity index (χ2v) is 5.17. The number of unbranched alkanes of at least 4 members (excludes halogenated alkanes) is 2. The standard InChI is InChI=1S/C12H26N2O/c1-6-7-8-9-12(2,3)10-13-11(15)14(4)5/h6-10H2,1-5H3,(H,13,15). The average molecular weight is 214 g/mol. The molecule has 15 heavy (non-hydrogen) atoms. The molecule has 0 radical (unpaired) electrons. The minimum absolute atomic E-state index is 0.00133. The van der Waals surface area contributed by atoms with Crippen LogP contribution in [0.15, 0.2) is 0 Å². The highest BCUT2D eigenvalue weighted by Gasteiger charge is 2.18. The van der Waals surface area contributed by atoms with Gasteiger partial charge in [-0.3, -0.25) is 0 Å². The Balaban J connectivity index is 3.77. The van der Waals surface area contributed by atoms with E-state index in [-0.39, 0.29) is 11.4 Å². The topological polar surface area (TPSA) is 32.3 Å². The van der Waals surface area contributed by atoms with Gasteiger partial charge < -0.3 is 10.2 Å². The van der Waals surface area contributed by atoms with Gasteiger partial charge in [-0.25, -0.2) is 4.79 Å². The first-order valence-electron chi connectivity index (χ1n) is 5.84. The van der Waals surface area contributed by atoms with Crippen molar-refractivity contribution in [2.75, 3.05) is 20.6 Å². The molecule has 0 heterocycles. The summed E-state index contributed by atoms with van der Waals surface area (Å²) in [6.07, 6.45) is 4.96. The molecule has 0 rings (SSSR count). The van der Waals surface area contributed by atoms with Crippen molar-refractivity contribution in [3.8, 4) is 0 Å². The van der Waals surface area contributed by atoms with E-state index in [0.717, 1.165) is 6.54 Å². The first-order valence-corrected chi connectivity index (χ1v) is 5.84. The Morgan fingerprint density at radius 2 is 1.87 bits per heavy atom. The van der Waals surface area contributed by atoms with Gasteiger partial charge in [-0.1, -0.05) is 40.0 Å². The molecule has 0 aromatic heterocycles. The van der Waals surface area contributed by atoms with Crippen molar-refractivity contribution in [1.82, 2.24) is 10.2 Å². The van der Waals surface area contributed by atoms with Crippen molar-refractivity contribution in [2.24, 2.45) is 5.41 Å². The first-order chi connectivity index (χ1) is 6.89. The summed E-state index contributed by atoms with van der Waals surface area (Å²) in [6, 6.07) is -0.00133. The van der Waals surface area contributed by atoms with Gasteiger partial charge >= 0.3 is 6.03 Å². The van der Waals surface area contributed by atoms with E-state index in [1.54, 1.807) is 19.0 Å². The lowest BCUT2D eigenvalue weighted by Gasteiger charge is -2.25. The van der Waals surface area contributed by atoms with Crippen molar-refractivity contribution in [2.45, 2.75) is 46.5 Å². The summed E-state index contributed by atoms with van der Waals surface area (Å²) >= 11 is 0. The van der Waals surface area contributed by atoms with Crippen LogP contribution in [0.2, 0.25) is 0 Å². The fourth-order valence-corrected chi connectivity index (χ4v) is 1.41. The second-order valence-electron chi connectivity index (χ2n) is 5.17. The predicted molar refractivity (Wildman–Crippen MR) is 65.0 cm³/mol. The molecular weight excluding hydrogens is 188 g/mol. The van der Waals surface area contributed by atoms with Crippen molar-refractivity contribution < 1.29 is 4.79 Å². The number of carbonyl (C=O) groups excluding carboxylic acids is 1. The fraction of sp³-hybridized carbons (Fsp3) is 0.917. The van der Waals surface area contributed by atoms with Gasteiger partial charge in [0, 0.05) is 20.6 Å². The number of hydrogen-bond donors (Lipinski definition) is 1. The second kappa shape index (κ2) is 6.70. The van der Waals surface area contributed by atoms with Gasteiger partial charge in [-0.05, 0) is 11.8 Å². The SMILES string of the molecule is CCCCCC(C)(C)CNC(=O)N(C)C. The summed E-state index contributed by atoms with van der Waals surface area (Å²) in [5.41, 5.74) is 0.209. The molecule has 3 nitrogen and oxygen atoms in total. The lowest BCUT2D eigenvalue weighted by molar-refractivity contribution is 0.208. The van der Waals surface area contributed by atoms with Gasteiger partial charge in [0.25, 0.3) is 0 Å². The summed E-state index contributed by atoms with van der Waals surface area (Å²) in [5, 5.41) is 2.94. The molecule has 0 aromatic rings. The van der Waals surface area contributed by atoms with E-state index >= 15 is 0 Å². The zero-order valence-electron chi connectivity index (χ0n) is 10.9. The third kappa shape index (κ3) is 7.23. The van der Waals surface area contributed by atoms with Crippen molar-refractivity contribution in [1.29, 1.82) is 0 Å². The minimum Gasteiger partial charge on any atom is -0.337 e. The highest BCUT2D eigenvalue weighted by molar-refractivity contribution is 5.73. The third-order valence-corrected chi connectivity index (χ3v) is 2.58. The maximum atomic E-state index is 11.3. The van der Waals surface area contributed by atoms with Crippen LogP contribution in [0.25, 0.3) is 0 Å². The normalized spacial score (nSPS) is 11.3. The van der Waals surface area contributed by atoms with Crippen LogP contribution in [-0.4, -0.2) is 31.6 Å². The average Bonchev–Trinajstić information content (AvgIpc) is 2.14. The van der Waals surface area contributed by atoms with Crippen molar-refractivity contribution in [3.05, 3.63) is 0 Å². The Morgan fingerprint density at radius 3 is 2.33 bits per heavy atom. The van der Waals surface area contributed by atoms with Crippen LogP contribution in [-0.2, 0) is 0 Å². The molecule has 90 valence electrons. The summed E-state index contributed by atoms with van der Waals surface area (Å²) in [7, 11) is 3.53. The molecule has 0 spiro atoms. The van der Waals surface area contributed by atoms with Crippen LogP contribution < -0.4 is 5.32 Å². The van der Waals surface area contributed by atoms with E-state index in [1.165, 1.54) is 25.7 Å². The predicted octanol–water partition coefficient (Wildman–Crippen LogP) is 2.86. The Morgan fingerprint density at radius 1 is 1.27 bits per heavy atom. The van der Waals surface area contributed by atoms with Crippen LogP contribution in [0.4, 0.5) is 4.79 Å². The smallest absolute Gasteiger partial charge is 0.316 e. The molecule has 0 aromatic carbocycles. The van der Waals surface area contributed by atoms with E-state index < -0.39 is 0 Å². The van der Waals surface area contributed by atoms with Crippen LogP contribution in [0.1, 0.15) is 46.5 Å². The van der Waals surface area contributed by atoms with Crippen LogP contribution >= 0.6 is 0 Å². The van der Waals surface area contributed by atoms with Crippen LogP contribution in [0.3, 0.4) is 0 Å². The Bertz CT molecular complexity index is 188. The zero-order chi connectivity index (χ0) is 11.9. The molecule has 0 saturated carbocycles. The van der Waals surface area contributed by atoms with Gasteiger partial charge in [0.05, 0.1) is 0 Å². The Hall–Kier alpha value is -0.730. The number of hydrogen-bond acceptors (Lipinski definition) is 1. The molecule has 0 bridgehead atoms. The number of amides is 2. The molecule has 0 atom stereocenters. The summed E-state index contributed by atoms with van der Waals surface area (Å²) < 4.78 is 0. The largest absolute Gasteiger partial charge is 0.337 e. The molecule has 0 aliphatic rings. The van der Waals surface area contributed by atoms with E-state index in [4.69, 9.17) is 0 Å². The molecular formula is C12H26N2O. The first kappa shape index (κ1) is 14.3. The number of nitrogens with zero attached hydrogens (tertiary/aromatic N) is 1. The monoisotopic (exact) mass is 214 g/mol. The number of carbonyl (C=O) groups is 1. The molecule has 0 aliphatic carbocycles. The molecule has 0 aliphatic heterocycles. The van der Waals surface area contributed by atoms with E-state index in [0.29, 0.717) is 0 Å². The Kier molecular flexibility index (Phi) is 6.37. The van der Waals surface area contributed by atoms with Gasteiger partial charge in [0.1, 0.15) is 0 Å². The molecule has 2 amide bonds. The summed E-state index contributed by atoms with van der Waals surface area (Å²) in [4.78, 5) is 12.9. The van der Waals surface area contributed by atoms with E-state index in [1.807, 2.05) is 0 Å². The van der Waals surface area contributed by atoms with E-state index in [2.05, 4.69) is 26.1 Å². The van der Waals surface area contributed by atoms with Gasteiger partial charge in [0.15, 0.2) is 0 Å². The zero-order valence-corrected chi connectivity index (χ0v) is 10.9. The quantitative estimate of drug-likeness (QED) is 0.677. The van der Waals surface area contributed by atoms with Crippen molar-refractivity contribution in [3.63, 3.8) is 0 Å². The summed E-state index contributed by atoms with van der Waals surface area (Å²) in [6.45, 7) is 7.38. The lowest BCUT2D eigenvalue weighted by atomic mass is 9.87. The number of rotatable bonds is 6. The third-order valence-electron chi connectivity index (χ3n) is 2.58. The van der Waals surface area contributed by atoms with Crippen LogP contribution in [0, 0.1) is 5.41 Å². The fourth-order valence-electron chi connectivity index (χ4n) is 1.41. The molecule has 0 saturated heterocycles. The number of nitrogens with one attached hydrogen (secondary N) is 1. The Labute approximate surface area is 94.2 Å². The van der Waals surface area contributed by atoms with E-state index in [9.17, 15) is 4.79 Å². The van der Waals surface area contributed by atoms with Gasteiger partial charge in [-0.2, -0.15) is 0 Å². The molecule has 1 N–H and O–H groups in total. The van der Waals surface area contributed by atoms with Crippen LogP contribution in [0.5, 0.6) is 0 Å². The maximum absolute atomic E-state index is 11.3. The summed E-state index contributed by atoms with van der Waals surface area (Å²) in [5.74, 6) is 0. The minimum atomic E-state index is -0.00133. The van der Waals surface area contributed by atoms with Crippen molar-refractivity contribution >= 4 is 6.03 Å². The molecule has 3 heteroatoms.